The monoisotopic (exact) mass is 439 g/mol. The van der Waals surface area contributed by atoms with Crippen molar-refractivity contribution in [2.45, 2.75) is 71.8 Å². The Bertz CT molecular complexity index is 924. The molecule has 1 saturated heterocycles. The average Bonchev–Trinajstić information content (AvgIpc) is 3.21. The van der Waals surface area contributed by atoms with Crippen LogP contribution >= 0.6 is 0 Å². The van der Waals surface area contributed by atoms with E-state index < -0.39 is 11.7 Å². The maximum Gasteiger partial charge on any atom is 0.416 e. The second-order valence-electron chi connectivity index (χ2n) is 9.25. The van der Waals surface area contributed by atoms with Crippen LogP contribution in [0.15, 0.2) is 48.7 Å². The maximum atomic E-state index is 13.0. The van der Waals surface area contributed by atoms with Crippen molar-refractivity contribution in [3.63, 3.8) is 0 Å². The summed E-state index contributed by atoms with van der Waals surface area (Å²) in [6, 6.07) is 13.0. The molecule has 1 fully saturated rings. The highest BCUT2D eigenvalue weighted by molar-refractivity contribution is 5.88. The maximum absolute atomic E-state index is 13.0. The van der Waals surface area contributed by atoms with Crippen molar-refractivity contribution in [1.82, 2.24) is 9.88 Å². The Morgan fingerprint density at radius 1 is 1.16 bits per heavy atom. The molecule has 0 saturated carbocycles. The van der Waals surface area contributed by atoms with Crippen LogP contribution < -0.4 is 4.90 Å². The molecule has 1 atom stereocenters. The summed E-state index contributed by atoms with van der Waals surface area (Å²) in [5, 5.41) is 0. The van der Waals surface area contributed by atoms with Crippen molar-refractivity contribution in [2.75, 3.05) is 11.4 Å². The minimum absolute atomic E-state index is 0.168. The molecule has 3 rings (SSSR count). The highest BCUT2D eigenvalue weighted by Crippen LogP contribution is 2.37. The van der Waals surface area contributed by atoms with Crippen LogP contribution in [-0.4, -0.2) is 40.3 Å². The number of carbonyl (C=O) groups excluding carboxylic acids is 2. The molecule has 0 spiro atoms. The van der Waals surface area contributed by atoms with Gasteiger partial charge >= 0.3 is 12.2 Å². The van der Waals surface area contributed by atoms with Crippen molar-refractivity contribution >= 4 is 18.0 Å². The fraction of sp³-hybridized carbons (Fsp3) is 0.480. The van der Waals surface area contributed by atoms with Gasteiger partial charge < -0.3 is 14.4 Å². The third-order valence-corrected chi connectivity index (χ3v) is 5.20. The predicted molar refractivity (Wildman–Crippen MR) is 123 cm³/mol. The number of ether oxygens (including phenoxy) is 2. The number of hydrogen-bond donors (Lipinski definition) is 0. The van der Waals surface area contributed by atoms with Gasteiger partial charge in [0.2, 0.25) is 0 Å². The highest BCUT2D eigenvalue weighted by atomic mass is 16.6. The van der Waals surface area contributed by atoms with E-state index in [1.807, 2.05) is 77.1 Å². The fourth-order valence-corrected chi connectivity index (χ4v) is 3.83. The molecule has 2 heterocycles. The lowest BCUT2D eigenvalue weighted by Gasteiger charge is -2.32. The Kier molecular flexibility index (Phi) is 7.38. The minimum Gasteiger partial charge on any atom is -0.445 e. The second kappa shape index (κ2) is 10.0. The predicted octanol–water partition coefficient (Wildman–Crippen LogP) is 5.71. The smallest absolute Gasteiger partial charge is 0.416 e. The Morgan fingerprint density at radius 2 is 1.88 bits per heavy atom. The van der Waals surface area contributed by atoms with Gasteiger partial charge in [0, 0.05) is 24.3 Å². The molecule has 2 amide bonds. The highest BCUT2D eigenvalue weighted by Gasteiger charge is 2.36. The van der Waals surface area contributed by atoms with Gasteiger partial charge in [-0.2, -0.15) is 0 Å². The van der Waals surface area contributed by atoms with Crippen molar-refractivity contribution in [1.29, 1.82) is 0 Å². The lowest BCUT2D eigenvalue weighted by Crippen LogP contribution is -2.42. The van der Waals surface area contributed by atoms with Gasteiger partial charge in [-0.25, -0.2) is 14.6 Å². The summed E-state index contributed by atoms with van der Waals surface area (Å²) in [6.07, 6.45) is 2.47. The molecule has 1 aliphatic rings. The number of aromatic nitrogens is 1. The fourth-order valence-electron chi connectivity index (χ4n) is 3.83. The number of nitrogens with zero attached hydrogens (tertiary/aromatic N) is 3. The lowest BCUT2D eigenvalue weighted by atomic mass is 10.0. The van der Waals surface area contributed by atoms with Crippen molar-refractivity contribution in [3.8, 4) is 0 Å². The van der Waals surface area contributed by atoms with Gasteiger partial charge in [0.1, 0.15) is 18.0 Å². The summed E-state index contributed by atoms with van der Waals surface area (Å²) >= 11 is 0. The van der Waals surface area contributed by atoms with E-state index in [4.69, 9.17) is 9.47 Å². The molecule has 32 heavy (non-hydrogen) atoms. The third-order valence-electron chi connectivity index (χ3n) is 5.20. The van der Waals surface area contributed by atoms with Crippen LogP contribution in [0.2, 0.25) is 0 Å². The van der Waals surface area contributed by atoms with Crippen LogP contribution in [-0.2, 0) is 16.1 Å². The zero-order valence-electron chi connectivity index (χ0n) is 19.6. The van der Waals surface area contributed by atoms with Gasteiger partial charge in [-0.3, -0.25) is 4.90 Å². The third kappa shape index (κ3) is 5.78. The number of pyridine rings is 1. The Hall–Kier alpha value is -3.09. The first-order valence-electron chi connectivity index (χ1n) is 11.1. The molecular weight excluding hydrogens is 406 g/mol. The van der Waals surface area contributed by atoms with Crippen LogP contribution in [0.4, 0.5) is 15.4 Å². The van der Waals surface area contributed by atoms with Crippen LogP contribution in [0.1, 0.15) is 64.6 Å². The number of anilines is 1. The van der Waals surface area contributed by atoms with Crippen LogP contribution in [0, 0.1) is 0 Å². The van der Waals surface area contributed by atoms with Crippen molar-refractivity contribution in [2.24, 2.45) is 0 Å². The topological polar surface area (TPSA) is 72.0 Å². The van der Waals surface area contributed by atoms with Crippen molar-refractivity contribution < 1.29 is 19.1 Å². The molecule has 0 aliphatic carbocycles. The van der Waals surface area contributed by atoms with Gasteiger partial charge in [0.25, 0.3) is 0 Å². The van der Waals surface area contributed by atoms with E-state index in [-0.39, 0.29) is 24.8 Å². The van der Waals surface area contributed by atoms with Gasteiger partial charge in [0.05, 0.1) is 6.04 Å². The lowest BCUT2D eigenvalue weighted by molar-refractivity contribution is 0.0568. The SMILES string of the molecule is CC(C)N(C(=O)OC(C)(C)C)c1ncccc1C1CCCN1C(=O)OCc1ccccc1. The Morgan fingerprint density at radius 3 is 2.53 bits per heavy atom. The van der Waals surface area contributed by atoms with Crippen molar-refractivity contribution in [3.05, 3.63) is 59.8 Å². The number of benzene rings is 1. The Balaban J connectivity index is 1.83. The molecule has 1 aromatic heterocycles. The molecule has 1 aliphatic heterocycles. The molecule has 0 bridgehead atoms. The first-order chi connectivity index (χ1) is 15.2. The first kappa shape index (κ1) is 23.6. The number of likely N-dealkylation sites (tertiary alicyclic amines) is 1. The van der Waals surface area contributed by atoms with E-state index >= 15 is 0 Å². The molecule has 0 radical (unpaired) electrons. The first-order valence-corrected chi connectivity index (χ1v) is 11.1. The van der Waals surface area contributed by atoms with E-state index in [1.54, 1.807) is 16.0 Å². The normalized spacial score (nSPS) is 16.2. The van der Waals surface area contributed by atoms with Gasteiger partial charge in [0.15, 0.2) is 0 Å². The molecular formula is C25H33N3O4. The molecule has 172 valence electrons. The van der Waals surface area contributed by atoms with E-state index in [2.05, 4.69) is 4.98 Å². The molecule has 7 heteroatoms. The molecule has 2 aromatic rings. The summed E-state index contributed by atoms with van der Waals surface area (Å²) < 4.78 is 11.2. The number of amides is 2. The van der Waals surface area contributed by atoms with Crippen LogP contribution in [0.5, 0.6) is 0 Å². The summed E-state index contributed by atoms with van der Waals surface area (Å²) in [5.74, 6) is 0.518. The van der Waals surface area contributed by atoms with E-state index in [0.29, 0.717) is 12.4 Å². The quantitative estimate of drug-likeness (QED) is 0.597. The summed E-state index contributed by atoms with van der Waals surface area (Å²) in [7, 11) is 0. The standard InChI is InChI=1S/C25H33N3O4/c1-18(2)28(24(30)32-25(3,4)5)22-20(13-9-15-26-22)21-14-10-16-27(21)23(29)31-17-19-11-7-6-8-12-19/h6-9,11-13,15,18,21H,10,14,16-17H2,1-5H3. The summed E-state index contributed by atoms with van der Waals surface area (Å²) in [4.78, 5) is 33.7. The molecule has 1 aromatic carbocycles. The minimum atomic E-state index is -0.625. The van der Waals surface area contributed by atoms with Crippen LogP contribution in [0.3, 0.4) is 0 Å². The number of hydrogen-bond acceptors (Lipinski definition) is 5. The second-order valence-corrected chi connectivity index (χ2v) is 9.25. The van der Waals surface area contributed by atoms with E-state index in [9.17, 15) is 9.59 Å². The van der Waals surface area contributed by atoms with Gasteiger partial charge in [-0.05, 0) is 59.1 Å². The number of carbonyl (C=O) groups is 2. The van der Waals surface area contributed by atoms with Gasteiger partial charge in [-0.15, -0.1) is 0 Å². The van der Waals surface area contributed by atoms with E-state index in [1.165, 1.54) is 0 Å². The zero-order valence-corrected chi connectivity index (χ0v) is 19.6. The Labute approximate surface area is 190 Å². The van der Waals surface area contributed by atoms with Crippen LogP contribution in [0.25, 0.3) is 0 Å². The largest absolute Gasteiger partial charge is 0.445 e. The summed E-state index contributed by atoms with van der Waals surface area (Å²) in [6.45, 7) is 10.2. The van der Waals surface area contributed by atoms with E-state index in [0.717, 1.165) is 24.0 Å². The molecule has 0 N–H and O–H groups in total. The zero-order chi connectivity index (χ0) is 23.3. The summed E-state index contributed by atoms with van der Waals surface area (Å²) in [5.41, 5.74) is 1.13. The number of rotatable bonds is 5. The average molecular weight is 440 g/mol. The molecule has 7 nitrogen and oxygen atoms in total. The van der Waals surface area contributed by atoms with Gasteiger partial charge in [-0.1, -0.05) is 36.4 Å². The molecule has 1 unspecified atom stereocenters.